The minimum atomic E-state index is -2.51. The van der Waals surface area contributed by atoms with E-state index in [0.29, 0.717) is 18.8 Å². The van der Waals surface area contributed by atoms with Crippen molar-refractivity contribution in [2.75, 3.05) is 19.8 Å². The van der Waals surface area contributed by atoms with Gasteiger partial charge in [0.1, 0.15) is 6.61 Å². The second-order valence-corrected chi connectivity index (χ2v) is 5.40. The van der Waals surface area contributed by atoms with E-state index in [-0.39, 0.29) is 25.5 Å². The van der Waals surface area contributed by atoms with Gasteiger partial charge in [0.05, 0.1) is 12.2 Å². The van der Waals surface area contributed by atoms with Crippen LogP contribution in [0.4, 0.5) is 8.78 Å². The summed E-state index contributed by atoms with van der Waals surface area (Å²) in [5, 5.41) is 12.9. The van der Waals surface area contributed by atoms with Crippen LogP contribution in [0.2, 0.25) is 0 Å². The van der Waals surface area contributed by atoms with Crippen LogP contribution in [0.5, 0.6) is 0 Å². The Kier molecular flexibility index (Phi) is 6.65. The highest BCUT2D eigenvalue weighted by molar-refractivity contribution is 5.76. The second kappa shape index (κ2) is 7.75. The maximum absolute atomic E-state index is 11.8. The molecule has 2 N–H and O–H groups in total. The van der Waals surface area contributed by atoms with Crippen LogP contribution >= 0.6 is 0 Å². The normalized spacial score (nSPS) is 27.5. The van der Waals surface area contributed by atoms with Crippen molar-refractivity contribution in [1.82, 2.24) is 5.32 Å². The molecular formula is C13H23F2NO3. The first kappa shape index (κ1) is 16.3. The molecule has 0 unspecified atom stereocenters. The van der Waals surface area contributed by atoms with Crippen molar-refractivity contribution < 1.29 is 23.4 Å². The van der Waals surface area contributed by atoms with Crippen molar-refractivity contribution in [3.63, 3.8) is 0 Å². The summed E-state index contributed by atoms with van der Waals surface area (Å²) >= 11 is 0. The summed E-state index contributed by atoms with van der Waals surface area (Å²) in [5.74, 6) is 0.347. The van der Waals surface area contributed by atoms with Crippen molar-refractivity contribution in [1.29, 1.82) is 0 Å². The molecule has 0 aromatic rings. The van der Waals surface area contributed by atoms with Crippen molar-refractivity contribution in [3.8, 4) is 0 Å². The highest BCUT2D eigenvalue weighted by Gasteiger charge is 2.31. The van der Waals surface area contributed by atoms with Crippen molar-refractivity contribution in [2.24, 2.45) is 5.92 Å². The van der Waals surface area contributed by atoms with Crippen LogP contribution in [0, 0.1) is 5.92 Å². The van der Waals surface area contributed by atoms with Crippen molar-refractivity contribution >= 4 is 5.91 Å². The third-order valence-corrected chi connectivity index (χ3v) is 3.54. The molecule has 0 aliphatic heterocycles. The van der Waals surface area contributed by atoms with Crippen LogP contribution in [-0.4, -0.2) is 42.8 Å². The standard InChI is InChI=1S/C13H23F2NO3/c1-10-2-5-13(18,6-3-10)9-16-12(17)4-7-19-8-11(14)15/h10-11,18H,2-9H2,1H3,(H,16,17). The summed E-state index contributed by atoms with van der Waals surface area (Å²) in [7, 11) is 0. The fraction of sp³-hybridized carbons (Fsp3) is 0.923. The summed E-state index contributed by atoms with van der Waals surface area (Å²) in [6, 6.07) is 0. The van der Waals surface area contributed by atoms with Gasteiger partial charge in [-0.3, -0.25) is 4.79 Å². The van der Waals surface area contributed by atoms with E-state index >= 15 is 0 Å². The number of aliphatic hydroxyl groups is 1. The van der Waals surface area contributed by atoms with Crippen LogP contribution in [-0.2, 0) is 9.53 Å². The third kappa shape index (κ3) is 6.82. The van der Waals surface area contributed by atoms with Gasteiger partial charge in [-0.25, -0.2) is 8.78 Å². The molecule has 0 radical (unpaired) electrons. The Morgan fingerprint density at radius 1 is 1.47 bits per heavy atom. The van der Waals surface area contributed by atoms with Crippen LogP contribution in [0.1, 0.15) is 39.0 Å². The predicted octanol–water partition coefficient (Wildman–Crippen LogP) is 1.72. The number of hydrogen-bond acceptors (Lipinski definition) is 3. The van der Waals surface area contributed by atoms with E-state index in [1.54, 1.807) is 0 Å². The second-order valence-electron chi connectivity index (χ2n) is 5.40. The van der Waals surface area contributed by atoms with Gasteiger partial charge < -0.3 is 15.2 Å². The van der Waals surface area contributed by atoms with Gasteiger partial charge in [0.25, 0.3) is 6.43 Å². The largest absolute Gasteiger partial charge is 0.388 e. The number of hydrogen-bond donors (Lipinski definition) is 2. The number of halogens is 2. The lowest BCUT2D eigenvalue weighted by molar-refractivity contribution is -0.124. The molecule has 0 aromatic carbocycles. The fourth-order valence-corrected chi connectivity index (χ4v) is 2.17. The minimum Gasteiger partial charge on any atom is -0.388 e. The Morgan fingerprint density at radius 2 is 2.11 bits per heavy atom. The van der Waals surface area contributed by atoms with E-state index in [0.717, 1.165) is 12.8 Å². The number of ether oxygens (including phenoxy) is 1. The van der Waals surface area contributed by atoms with E-state index < -0.39 is 18.6 Å². The molecule has 1 amide bonds. The topological polar surface area (TPSA) is 58.6 Å². The maximum Gasteiger partial charge on any atom is 0.261 e. The Balaban J connectivity index is 2.12. The molecule has 0 aromatic heterocycles. The average molecular weight is 279 g/mol. The first-order chi connectivity index (χ1) is 8.91. The highest BCUT2D eigenvalue weighted by atomic mass is 19.3. The zero-order valence-electron chi connectivity index (χ0n) is 11.3. The number of carbonyl (C=O) groups excluding carboxylic acids is 1. The molecule has 6 heteroatoms. The van der Waals surface area contributed by atoms with Crippen molar-refractivity contribution in [2.45, 2.75) is 51.1 Å². The number of rotatable bonds is 7. The van der Waals surface area contributed by atoms with E-state index in [9.17, 15) is 18.7 Å². The Hall–Kier alpha value is -0.750. The molecule has 0 atom stereocenters. The van der Waals surface area contributed by atoms with E-state index in [1.165, 1.54) is 0 Å². The van der Waals surface area contributed by atoms with E-state index in [2.05, 4.69) is 17.0 Å². The fourth-order valence-electron chi connectivity index (χ4n) is 2.17. The van der Waals surface area contributed by atoms with Gasteiger partial charge in [-0.05, 0) is 31.6 Å². The Labute approximate surface area is 112 Å². The molecule has 19 heavy (non-hydrogen) atoms. The molecule has 0 heterocycles. The third-order valence-electron chi connectivity index (χ3n) is 3.54. The van der Waals surface area contributed by atoms with Crippen LogP contribution in [0.25, 0.3) is 0 Å². The summed E-state index contributed by atoms with van der Waals surface area (Å²) in [6.07, 6.45) is 0.840. The van der Waals surface area contributed by atoms with E-state index in [4.69, 9.17) is 0 Å². The highest BCUT2D eigenvalue weighted by Crippen LogP contribution is 2.31. The van der Waals surface area contributed by atoms with Gasteiger partial charge in [0, 0.05) is 13.0 Å². The first-order valence-corrected chi connectivity index (χ1v) is 6.76. The molecule has 112 valence electrons. The lowest BCUT2D eigenvalue weighted by atomic mass is 9.79. The van der Waals surface area contributed by atoms with Gasteiger partial charge in [0.2, 0.25) is 5.91 Å². The molecule has 4 nitrogen and oxygen atoms in total. The number of alkyl halides is 2. The summed E-state index contributed by atoms with van der Waals surface area (Å²) in [5.41, 5.74) is -0.813. The predicted molar refractivity (Wildman–Crippen MR) is 67.0 cm³/mol. The average Bonchev–Trinajstić information content (AvgIpc) is 2.36. The molecule has 0 spiro atoms. The molecule has 0 bridgehead atoms. The smallest absolute Gasteiger partial charge is 0.261 e. The van der Waals surface area contributed by atoms with Crippen LogP contribution < -0.4 is 5.32 Å². The molecule has 1 aliphatic carbocycles. The number of nitrogens with one attached hydrogen (secondary N) is 1. The Morgan fingerprint density at radius 3 is 2.68 bits per heavy atom. The lowest BCUT2D eigenvalue weighted by Crippen LogP contribution is -2.45. The van der Waals surface area contributed by atoms with Gasteiger partial charge in [-0.1, -0.05) is 6.92 Å². The van der Waals surface area contributed by atoms with Gasteiger partial charge >= 0.3 is 0 Å². The number of amides is 1. The van der Waals surface area contributed by atoms with Crippen LogP contribution in [0.15, 0.2) is 0 Å². The summed E-state index contributed by atoms with van der Waals surface area (Å²) in [4.78, 5) is 11.4. The molecule has 1 saturated carbocycles. The zero-order chi connectivity index (χ0) is 14.3. The molecular weight excluding hydrogens is 256 g/mol. The maximum atomic E-state index is 11.8. The van der Waals surface area contributed by atoms with Gasteiger partial charge in [-0.15, -0.1) is 0 Å². The summed E-state index contributed by atoms with van der Waals surface area (Å²) < 4.78 is 28.2. The van der Waals surface area contributed by atoms with Gasteiger partial charge in [-0.2, -0.15) is 0 Å². The summed E-state index contributed by atoms with van der Waals surface area (Å²) in [6.45, 7) is 1.71. The monoisotopic (exact) mass is 279 g/mol. The zero-order valence-corrected chi connectivity index (χ0v) is 11.3. The van der Waals surface area contributed by atoms with Crippen LogP contribution in [0.3, 0.4) is 0 Å². The van der Waals surface area contributed by atoms with E-state index in [1.807, 2.05) is 0 Å². The number of carbonyl (C=O) groups is 1. The molecule has 0 saturated heterocycles. The molecule has 1 aliphatic rings. The Bertz CT molecular complexity index is 279. The minimum absolute atomic E-state index is 0.0222. The first-order valence-electron chi connectivity index (χ1n) is 6.76. The molecule has 1 rings (SSSR count). The molecule has 1 fully saturated rings. The lowest BCUT2D eigenvalue weighted by Gasteiger charge is -2.34. The van der Waals surface area contributed by atoms with Crippen molar-refractivity contribution in [3.05, 3.63) is 0 Å². The van der Waals surface area contributed by atoms with Gasteiger partial charge in [0.15, 0.2) is 0 Å². The SMILES string of the molecule is CC1CCC(O)(CNC(=O)CCOCC(F)F)CC1. The quantitative estimate of drug-likeness (QED) is 0.698.